The average Bonchev–Trinajstić information content (AvgIpc) is 3.57. The van der Waals surface area contributed by atoms with E-state index >= 15 is 0 Å². The van der Waals surface area contributed by atoms with Gasteiger partial charge in [-0.3, -0.25) is 9.80 Å². The number of rotatable bonds is 10. The van der Waals surface area contributed by atoms with Gasteiger partial charge >= 0.3 is 0 Å². The molecule has 2 fully saturated rings. The second-order valence-corrected chi connectivity index (χ2v) is 10.2. The molecule has 0 amide bonds. The summed E-state index contributed by atoms with van der Waals surface area (Å²) in [7, 11) is 0. The van der Waals surface area contributed by atoms with Gasteiger partial charge in [-0.25, -0.2) is 4.98 Å². The second-order valence-electron chi connectivity index (χ2n) is 10.2. The van der Waals surface area contributed by atoms with E-state index in [-0.39, 0.29) is 0 Å². The minimum absolute atomic E-state index is 0.419. The molecule has 5 rings (SSSR count). The number of hydrogen-bond donors (Lipinski definition) is 2. The summed E-state index contributed by atoms with van der Waals surface area (Å²) in [5.41, 5.74) is 4.49. The van der Waals surface area contributed by atoms with Crippen LogP contribution in [0.25, 0.3) is 21.8 Å². The minimum atomic E-state index is 0.419. The van der Waals surface area contributed by atoms with Gasteiger partial charge in [0.25, 0.3) is 0 Å². The molecule has 1 aromatic heterocycles. The van der Waals surface area contributed by atoms with Crippen molar-refractivity contribution in [2.45, 2.75) is 77.5 Å². The van der Waals surface area contributed by atoms with E-state index in [4.69, 9.17) is 4.98 Å². The number of likely N-dealkylation sites (tertiary alicyclic amines) is 2. The van der Waals surface area contributed by atoms with Crippen LogP contribution >= 0.6 is 0 Å². The van der Waals surface area contributed by atoms with Gasteiger partial charge in [-0.15, -0.1) is 0 Å². The van der Waals surface area contributed by atoms with Crippen LogP contribution in [0.3, 0.4) is 0 Å². The average molecular weight is 460 g/mol. The summed E-state index contributed by atoms with van der Waals surface area (Å²) in [6, 6.07) is 15.6. The molecule has 3 heterocycles. The predicted octanol–water partition coefficient (Wildman–Crippen LogP) is 6.66. The molecule has 2 aliphatic rings. The molecule has 5 heteroatoms. The fourth-order valence-corrected chi connectivity index (χ4v) is 5.73. The molecule has 2 saturated heterocycles. The number of nitrogens with zero attached hydrogens (tertiary/aromatic N) is 3. The smallest absolute Gasteiger partial charge is 0.0793 e. The standard InChI is InChI=1S/C29H41N5/c1-3-9-28(33-15-5-6-16-33)30-24-13-11-22-19-23-12-14-25(21-27(23)32-26(22)20-24)31-29(10-4-2)34-17-7-8-18-34/h11-14,19-21,28-31H,3-10,15-18H2,1-2H3. The molecule has 0 bridgehead atoms. The normalized spacial score (nSPS) is 19.1. The highest BCUT2D eigenvalue weighted by molar-refractivity contribution is 5.95. The Morgan fingerprint density at radius 1 is 0.676 bits per heavy atom. The topological polar surface area (TPSA) is 43.4 Å². The van der Waals surface area contributed by atoms with Crippen LogP contribution in [0.1, 0.15) is 65.2 Å². The zero-order valence-electron chi connectivity index (χ0n) is 21.0. The molecular weight excluding hydrogens is 418 g/mol. The van der Waals surface area contributed by atoms with Crippen LogP contribution in [0.15, 0.2) is 42.5 Å². The van der Waals surface area contributed by atoms with Gasteiger partial charge in [0.05, 0.1) is 23.4 Å². The lowest BCUT2D eigenvalue weighted by Crippen LogP contribution is -2.38. The van der Waals surface area contributed by atoms with E-state index in [1.807, 2.05) is 0 Å². The number of benzene rings is 2. The van der Waals surface area contributed by atoms with Crippen LogP contribution in [-0.2, 0) is 0 Å². The van der Waals surface area contributed by atoms with E-state index in [2.05, 4.69) is 76.7 Å². The van der Waals surface area contributed by atoms with E-state index in [1.54, 1.807) is 0 Å². The number of pyridine rings is 1. The number of anilines is 2. The highest BCUT2D eigenvalue weighted by atomic mass is 15.3. The van der Waals surface area contributed by atoms with Crippen molar-refractivity contribution in [3.63, 3.8) is 0 Å². The molecule has 2 aliphatic heterocycles. The van der Waals surface area contributed by atoms with Gasteiger partial charge in [-0.1, -0.05) is 38.8 Å². The zero-order chi connectivity index (χ0) is 23.3. The van der Waals surface area contributed by atoms with Crippen molar-refractivity contribution in [3.8, 4) is 0 Å². The molecule has 0 spiro atoms. The first-order valence-corrected chi connectivity index (χ1v) is 13.6. The van der Waals surface area contributed by atoms with Gasteiger partial charge in [0.1, 0.15) is 0 Å². The largest absolute Gasteiger partial charge is 0.370 e. The molecule has 182 valence electrons. The Hall–Kier alpha value is -2.37. The molecule has 0 saturated carbocycles. The maximum atomic E-state index is 5.09. The summed E-state index contributed by atoms with van der Waals surface area (Å²) in [4.78, 5) is 10.3. The summed E-state index contributed by atoms with van der Waals surface area (Å²) < 4.78 is 0. The van der Waals surface area contributed by atoms with Crippen molar-refractivity contribution in [1.29, 1.82) is 0 Å². The van der Waals surface area contributed by atoms with Gasteiger partial charge in [-0.05, 0) is 68.9 Å². The molecular formula is C29H41N5. The summed E-state index contributed by atoms with van der Waals surface area (Å²) in [5.74, 6) is 0. The Morgan fingerprint density at radius 3 is 1.53 bits per heavy atom. The van der Waals surface area contributed by atoms with Crippen molar-refractivity contribution in [1.82, 2.24) is 14.8 Å². The fraction of sp³-hybridized carbons (Fsp3) is 0.552. The molecule has 0 radical (unpaired) electrons. The highest BCUT2D eigenvalue weighted by Crippen LogP contribution is 2.27. The van der Waals surface area contributed by atoms with Crippen LogP contribution < -0.4 is 10.6 Å². The number of nitrogens with one attached hydrogen (secondary N) is 2. The quantitative estimate of drug-likeness (QED) is 0.332. The van der Waals surface area contributed by atoms with Crippen molar-refractivity contribution >= 4 is 33.2 Å². The first-order valence-electron chi connectivity index (χ1n) is 13.6. The first kappa shape index (κ1) is 23.4. The van der Waals surface area contributed by atoms with Gasteiger partial charge in [0.15, 0.2) is 0 Å². The van der Waals surface area contributed by atoms with Crippen molar-refractivity contribution < 1.29 is 0 Å². The Bertz CT molecular complexity index is 1000. The Kier molecular flexibility index (Phi) is 7.51. The fourth-order valence-electron chi connectivity index (χ4n) is 5.73. The second kappa shape index (κ2) is 10.9. The van der Waals surface area contributed by atoms with E-state index < -0.39 is 0 Å². The SMILES string of the molecule is CCCC(Nc1ccc2cc3ccc(NC(CCC)N4CCCC4)cc3nc2c1)N1CCCC1. The number of hydrogen-bond acceptors (Lipinski definition) is 5. The number of aromatic nitrogens is 1. The van der Waals surface area contributed by atoms with E-state index in [0.29, 0.717) is 12.3 Å². The monoisotopic (exact) mass is 459 g/mol. The highest BCUT2D eigenvalue weighted by Gasteiger charge is 2.22. The maximum Gasteiger partial charge on any atom is 0.0793 e. The van der Waals surface area contributed by atoms with E-state index in [9.17, 15) is 0 Å². The van der Waals surface area contributed by atoms with Crippen molar-refractivity contribution in [2.24, 2.45) is 0 Å². The molecule has 3 aromatic rings. The molecule has 34 heavy (non-hydrogen) atoms. The van der Waals surface area contributed by atoms with Crippen LogP contribution in [0, 0.1) is 0 Å². The molecule has 2 N–H and O–H groups in total. The molecule has 2 unspecified atom stereocenters. The molecule has 2 aromatic carbocycles. The minimum Gasteiger partial charge on any atom is -0.370 e. The lowest BCUT2D eigenvalue weighted by molar-refractivity contribution is 0.253. The van der Waals surface area contributed by atoms with Gasteiger partial charge < -0.3 is 10.6 Å². The molecule has 0 aliphatic carbocycles. The number of fused-ring (bicyclic) bond motifs is 2. The third-order valence-electron chi connectivity index (χ3n) is 7.57. The van der Waals surface area contributed by atoms with Crippen LogP contribution in [0.5, 0.6) is 0 Å². The van der Waals surface area contributed by atoms with Crippen LogP contribution in [0.4, 0.5) is 11.4 Å². The summed E-state index contributed by atoms with van der Waals surface area (Å²) in [5, 5.41) is 10.0. The predicted molar refractivity (Wildman–Crippen MR) is 146 cm³/mol. The maximum absolute atomic E-state index is 5.09. The molecule has 5 nitrogen and oxygen atoms in total. The summed E-state index contributed by atoms with van der Waals surface area (Å²) >= 11 is 0. The Balaban J connectivity index is 1.38. The summed E-state index contributed by atoms with van der Waals surface area (Å²) in [6.07, 6.45) is 10.8. The van der Waals surface area contributed by atoms with E-state index in [1.165, 1.54) is 99.7 Å². The molecule has 2 atom stereocenters. The summed E-state index contributed by atoms with van der Waals surface area (Å²) in [6.45, 7) is 9.39. The first-order chi connectivity index (χ1) is 16.7. The van der Waals surface area contributed by atoms with Crippen molar-refractivity contribution in [2.75, 3.05) is 36.8 Å². The van der Waals surface area contributed by atoms with Crippen molar-refractivity contribution in [3.05, 3.63) is 42.5 Å². The van der Waals surface area contributed by atoms with Gasteiger partial charge in [-0.2, -0.15) is 0 Å². The third kappa shape index (κ3) is 5.31. The van der Waals surface area contributed by atoms with Crippen LogP contribution in [0.2, 0.25) is 0 Å². The lowest BCUT2D eigenvalue weighted by Gasteiger charge is -2.29. The van der Waals surface area contributed by atoms with E-state index in [0.717, 1.165) is 11.0 Å². The zero-order valence-corrected chi connectivity index (χ0v) is 21.0. The Labute approximate surface area is 204 Å². The van der Waals surface area contributed by atoms with Gasteiger partial charge in [0, 0.05) is 48.3 Å². The third-order valence-corrected chi connectivity index (χ3v) is 7.57. The van der Waals surface area contributed by atoms with Gasteiger partial charge in [0.2, 0.25) is 0 Å². The Morgan fingerprint density at radius 2 is 1.12 bits per heavy atom. The lowest BCUT2D eigenvalue weighted by atomic mass is 10.1. The van der Waals surface area contributed by atoms with Crippen LogP contribution in [-0.4, -0.2) is 53.3 Å².